The number of hydrogen-bond acceptors (Lipinski definition) is 3. The van der Waals surface area contributed by atoms with Crippen molar-refractivity contribution in [3.05, 3.63) is 102 Å². The monoisotopic (exact) mass is 489 g/mol. The molecule has 6 heteroatoms. The second kappa shape index (κ2) is 13.2. The molecule has 1 amide bonds. The molecule has 0 saturated carbocycles. The number of aliphatic imine (C=N–C) groups is 1. The van der Waals surface area contributed by atoms with Crippen molar-refractivity contribution in [1.29, 1.82) is 0 Å². The van der Waals surface area contributed by atoms with E-state index in [0.29, 0.717) is 11.5 Å². The fraction of sp³-hybridized carbons (Fsp3) is 0.267. The largest absolute Gasteiger partial charge is 0.341 e. The molecule has 0 bridgehead atoms. The van der Waals surface area contributed by atoms with Crippen LogP contribution in [0.2, 0.25) is 0 Å². The van der Waals surface area contributed by atoms with Gasteiger partial charge in [0.2, 0.25) is 5.91 Å². The zero-order valence-corrected chi connectivity index (χ0v) is 21.1. The Kier molecular flexibility index (Phi) is 10.4. The third-order valence-electron chi connectivity index (χ3n) is 5.51. The molecule has 0 heterocycles. The first-order valence-electron chi connectivity index (χ1n) is 11.8. The van der Waals surface area contributed by atoms with Gasteiger partial charge in [0.15, 0.2) is 0 Å². The molecule has 0 spiro atoms. The zero-order chi connectivity index (χ0) is 26.7. The van der Waals surface area contributed by atoms with Gasteiger partial charge in [-0.1, -0.05) is 68.5 Å². The minimum atomic E-state index is -3.05. The van der Waals surface area contributed by atoms with Crippen LogP contribution in [-0.4, -0.2) is 18.0 Å². The van der Waals surface area contributed by atoms with Crippen molar-refractivity contribution in [2.24, 2.45) is 10.9 Å². The van der Waals surface area contributed by atoms with Gasteiger partial charge in [0, 0.05) is 30.1 Å². The van der Waals surface area contributed by atoms with E-state index in [9.17, 15) is 13.6 Å². The van der Waals surface area contributed by atoms with Gasteiger partial charge in [-0.2, -0.15) is 0 Å². The first-order valence-corrected chi connectivity index (χ1v) is 11.8. The quantitative estimate of drug-likeness (QED) is 0.212. The summed E-state index contributed by atoms with van der Waals surface area (Å²) in [5.74, 6) is -1.13. The van der Waals surface area contributed by atoms with Crippen molar-refractivity contribution in [1.82, 2.24) is 10.6 Å². The molecule has 1 aromatic rings. The van der Waals surface area contributed by atoms with Crippen molar-refractivity contribution in [3.8, 4) is 12.3 Å². The highest BCUT2D eigenvalue weighted by atomic mass is 19.3. The molecule has 0 fully saturated rings. The van der Waals surface area contributed by atoms with Crippen LogP contribution < -0.4 is 10.6 Å². The predicted molar refractivity (Wildman–Crippen MR) is 145 cm³/mol. The standard InChI is InChI=1S/C30H33F2N3O/c1-7-11-26(10-4)34-21(5)33-20-24(9-3)25-14-12-22(13-15-25)18-29(36)35-27-17-16-23(8-2)28(19-27)30(6,31)32/h2,9-15,17,19-20,23,34H,4-5,7,16,18H2,1,3,6H3,(H,35,36)/b24-9+,26-11+,33-20-. The van der Waals surface area contributed by atoms with Crippen LogP contribution in [0.5, 0.6) is 0 Å². The molecule has 1 atom stereocenters. The summed E-state index contributed by atoms with van der Waals surface area (Å²) in [7, 11) is 0. The SMILES string of the molecule is C#CC1CC=C(NC(=O)Cc2ccc(C(/C=N\C(=C)N/C(C=C)=C/CC)=C/C)cc2)C=C1C(C)(F)F. The van der Waals surface area contributed by atoms with E-state index in [2.05, 4.69) is 34.7 Å². The van der Waals surface area contributed by atoms with Crippen LogP contribution >= 0.6 is 0 Å². The summed E-state index contributed by atoms with van der Waals surface area (Å²) in [5, 5.41) is 5.81. The van der Waals surface area contributed by atoms with Gasteiger partial charge in [-0.05, 0) is 48.6 Å². The van der Waals surface area contributed by atoms with Crippen LogP contribution in [-0.2, 0) is 11.2 Å². The Bertz CT molecular complexity index is 1170. The lowest BCUT2D eigenvalue weighted by Gasteiger charge is -2.24. The third kappa shape index (κ3) is 8.35. The number of allylic oxidation sites excluding steroid dienone is 7. The molecule has 0 aliphatic heterocycles. The molecule has 0 saturated heterocycles. The molecule has 188 valence electrons. The maximum absolute atomic E-state index is 13.9. The van der Waals surface area contributed by atoms with Crippen LogP contribution in [0.25, 0.3) is 5.57 Å². The van der Waals surface area contributed by atoms with Crippen molar-refractivity contribution < 1.29 is 13.6 Å². The van der Waals surface area contributed by atoms with E-state index in [1.807, 2.05) is 50.3 Å². The van der Waals surface area contributed by atoms with Crippen LogP contribution in [0, 0.1) is 18.3 Å². The lowest BCUT2D eigenvalue weighted by Crippen LogP contribution is -2.28. The van der Waals surface area contributed by atoms with E-state index in [1.165, 1.54) is 6.08 Å². The van der Waals surface area contributed by atoms with Crippen LogP contribution in [0.15, 0.2) is 95.6 Å². The summed E-state index contributed by atoms with van der Waals surface area (Å²) >= 11 is 0. The average molecular weight is 490 g/mol. The highest BCUT2D eigenvalue weighted by molar-refractivity contribution is 6.10. The predicted octanol–water partition coefficient (Wildman–Crippen LogP) is 6.48. The van der Waals surface area contributed by atoms with Crippen LogP contribution in [0.3, 0.4) is 0 Å². The lowest BCUT2D eigenvalue weighted by molar-refractivity contribution is -0.119. The van der Waals surface area contributed by atoms with Gasteiger partial charge in [0.1, 0.15) is 5.82 Å². The molecule has 0 aromatic heterocycles. The Balaban J connectivity index is 2.02. The van der Waals surface area contributed by atoms with Gasteiger partial charge in [0.05, 0.1) is 12.3 Å². The number of hydrogen-bond donors (Lipinski definition) is 2. The lowest BCUT2D eigenvalue weighted by atomic mass is 9.87. The highest BCUT2D eigenvalue weighted by Gasteiger charge is 2.34. The summed E-state index contributed by atoms with van der Waals surface area (Å²) in [5.41, 5.74) is 3.64. The molecule has 2 rings (SSSR count). The zero-order valence-electron chi connectivity index (χ0n) is 21.1. The van der Waals surface area contributed by atoms with Crippen LogP contribution in [0.1, 0.15) is 44.7 Å². The second-order valence-electron chi connectivity index (χ2n) is 8.37. The van der Waals surface area contributed by atoms with Crippen molar-refractivity contribution >= 4 is 17.7 Å². The number of halogens is 2. The minimum Gasteiger partial charge on any atom is -0.341 e. The number of carbonyl (C=O) groups excluding carboxylic acids is 1. The summed E-state index contributed by atoms with van der Waals surface area (Å²) in [6.45, 7) is 12.4. The Hall–Kier alpha value is -3.98. The molecular formula is C30H33F2N3O. The average Bonchev–Trinajstić information content (AvgIpc) is 2.84. The van der Waals surface area contributed by atoms with Gasteiger partial charge >= 0.3 is 0 Å². The van der Waals surface area contributed by atoms with E-state index in [0.717, 1.165) is 35.7 Å². The number of benzene rings is 1. The molecule has 2 N–H and O–H groups in total. The molecule has 0 radical (unpaired) electrons. The second-order valence-corrected chi connectivity index (χ2v) is 8.37. The highest BCUT2D eigenvalue weighted by Crippen LogP contribution is 2.34. The topological polar surface area (TPSA) is 53.5 Å². The Morgan fingerprint density at radius 3 is 2.58 bits per heavy atom. The smallest absolute Gasteiger partial charge is 0.268 e. The summed E-state index contributed by atoms with van der Waals surface area (Å²) in [6.07, 6.45) is 16.9. The number of terminal acetylenes is 1. The molecule has 1 aliphatic rings. The molecule has 36 heavy (non-hydrogen) atoms. The Morgan fingerprint density at radius 2 is 2.03 bits per heavy atom. The maximum Gasteiger partial charge on any atom is 0.268 e. The van der Waals surface area contributed by atoms with Gasteiger partial charge in [0.25, 0.3) is 5.92 Å². The summed E-state index contributed by atoms with van der Waals surface area (Å²) in [6, 6.07) is 7.51. The number of rotatable bonds is 11. The maximum atomic E-state index is 13.9. The van der Waals surface area contributed by atoms with Gasteiger partial charge in [-0.15, -0.1) is 6.42 Å². The van der Waals surface area contributed by atoms with Gasteiger partial charge in [-0.25, -0.2) is 13.8 Å². The van der Waals surface area contributed by atoms with Crippen molar-refractivity contribution in [2.75, 3.05) is 0 Å². The molecule has 1 aromatic carbocycles. The normalized spacial score (nSPS) is 16.6. The Labute approximate surface area is 213 Å². The summed E-state index contributed by atoms with van der Waals surface area (Å²) < 4.78 is 27.8. The van der Waals surface area contributed by atoms with Crippen LogP contribution in [0.4, 0.5) is 8.78 Å². The first-order chi connectivity index (χ1) is 17.1. The van der Waals surface area contributed by atoms with E-state index < -0.39 is 11.8 Å². The minimum absolute atomic E-state index is 0.107. The number of alkyl halides is 2. The van der Waals surface area contributed by atoms with Crippen molar-refractivity contribution in [2.45, 2.75) is 46.0 Å². The molecular weight excluding hydrogens is 456 g/mol. The molecule has 4 nitrogen and oxygen atoms in total. The fourth-order valence-electron chi connectivity index (χ4n) is 3.65. The van der Waals surface area contributed by atoms with E-state index in [-0.39, 0.29) is 24.3 Å². The number of nitrogens with zero attached hydrogens (tertiary/aromatic N) is 1. The van der Waals surface area contributed by atoms with E-state index in [1.54, 1.807) is 18.4 Å². The van der Waals surface area contributed by atoms with E-state index in [4.69, 9.17) is 6.42 Å². The number of amides is 1. The molecule has 1 unspecified atom stereocenters. The number of carbonyl (C=O) groups is 1. The van der Waals surface area contributed by atoms with E-state index >= 15 is 0 Å². The first kappa shape index (κ1) is 28.3. The van der Waals surface area contributed by atoms with Crippen molar-refractivity contribution in [3.63, 3.8) is 0 Å². The van der Waals surface area contributed by atoms with Gasteiger partial charge < -0.3 is 10.6 Å². The fourth-order valence-corrected chi connectivity index (χ4v) is 3.65. The van der Waals surface area contributed by atoms with Gasteiger partial charge in [-0.3, -0.25) is 4.79 Å². The third-order valence-corrected chi connectivity index (χ3v) is 5.51. The number of nitrogens with one attached hydrogen (secondary N) is 2. The Morgan fingerprint density at radius 1 is 1.33 bits per heavy atom. The molecule has 1 aliphatic carbocycles. The summed E-state index contributed by atoms with van der Waals surface area (Å²) in [4.78, 5) is 16.9.